The largest absolute Gasteiger partial charge is 0.472 e. The van der Waals surface area contributed by atoms with E-state index in [1.165, 1.54) is 122 Å². The van der Waals surface area contributed by atoms with Crippen LogP contribution in [-0.4, -0.2) is 66.5 Å². The predicted molar refractivity (Wildman–Crippen MR) is 307 cm³/mol. The number of carbonyl (C=O) groups excluding carboxylic acids is 3. The zero-order valence-electron chi connectivity index (χ0n) is 47.8. The number of ether oxygens (including phenoxy) is 3. The first-order valence-electron chi connectivity index (χ1n) is 30.5. The van der Waals surface area contributed by atoms with Gasteiger partial charge in [0.1, 0.15) is 12.7 Å². The Hall–Kier alpha value is -2.56. The first kappa shape index (κ1) is 71.4. The maximum atomic E-state index is 12.9. The fourth-order valence-electron chi connectivity index (χ4n) is 8.60. The molecule has 0 aromatic heterocycles. The lowest BCUT2D eigenvalue weighted by Gasteiger charge is -2.21. The van der Waals surface area contributed by atoms with Gasteiger partial charge in [-0.15, -0.1) is 0 Å². The third kappa shape index (κ3) is 54.2. The lowest BCUT2D eigenvalue weighted by Crippen LogP contribution is -2.30. The number of carbonyl (C=O) groups is 3. The van der Waals surface area contributed by atoms with E-state index in [-0.39, 0.29) is 25.9 Å². The molecule has 0 aromatic rings. The minimum Gasteiger partial charge on any atom is -0.462 e. The molecule has 0 aliphatic heterocycles. The van der Waals surface area contributed by atoms with Crippen LogP contribution >= 0.6 is 7.82 Å². The molecule has 2 N–H and O–H groups in total. The molecule has 0 saturated heterocycles. The van der Waals surface area contributed by atoms with Crippen molar-refractivity contribution in [3.63, 3.8) is 0 Å². The molecular formula is C62H113O11P. The number of aliphatic hydroxyl groups excluding tert-OH is 1. The van der Waals surface area contributed by atoms with Crippen LogP contribution in [0.5, 0.6) is 0 Å². The first-order valence-corrected chi connectivity index (χ1v) is 32.0. The van der Waals surface area contributed by atoms with Crippen molar-refractivity contribution in [1.82, 2.24) is 0 Å². The Morgan fingerprint density at radius 3 is 1.11 bits per heavy atom. The molecule has 0 heterocycles. The van der Waals surface area contributed by atoms with Crippen molar-refractivity contribution in [2.75, 3.05) is 26.4 Å². The van der Waals surface area contributed by atoms with Gasteiger partial charge in [0.25, 0.3) is 0 Å². The number of hydrogen-bond donors (Lipinski definition) is 2. The van der Waals surface area contributed by atoms with Gasteiger partial charge in [-0.3, -0.25) is 23.4 Å². The SMILES string of the molecule is CC/C=C\C/C=C\C/C=C\CCCCCCCCCC(=O)OCC(COP(=O)(O)OCC(CO)OC(=O)CCCCCCC/C=C\CCCCCC)OC(=O)CCCCCCCCCCCCCCCCCCC. The molecule has 74 heavy (non-hydrogen) atoms. The highest BCUT2D eigenvalue weighted by Gasteiger charge is 2.28. The van der Waals surface area contributed by atoms with E-state index in [1.807, 2.05) is 0 Å². The van der Waals surface area contributed by atoms with E-state index in [4.69, 9.17) is 23.3 Å². The highest BCUT2D eigenvalue weighted by molar-refractivity contribution is 7.47. The molecule has 12 heteroatoms. The summed E-state index contributed by atoms with van der Waals surface area (Å²) in [5, 5.41) is 9.82. The topological polar surface area (TPSA) is 155 Å². The number of allylic oxidation sites excluding steroid dienone is 8. The zero-order chi connectivity index (χ0) is 54.1. The van der Waals surface area contributed by atoms with Gasteiger partial charge < -0.3 is 24.2 Å². The molecule has 0 aliphatic carbocycles. The van der Waals surface area contributed by atoms with Crippen LogP contribution in [0.3, 0.4) is 0 Å². The molecule has 0 aliphatic rings. The van der Waals surface area contributed by atoms with Gasteiger partial charge in [-0.2, -0.15) is 0 Å². The molecule has 0 fully saturated rings. The zero-order valence-corrected chi connectivity index (χ0v) is 48.7. The monoisotopic (exact) mass is 1060 g/mol. The van der Waals surface area contributed by atoms with E-state index in [9.17, 15) is 28.9 Å². The molecular weight excluding hydrogens is 952 g/mol. The molecule has 11 nitrogen and oxygen atoms in total. The fraction of sp³-hybridized carbons (Fsp3) is 0.823. The smallest absolute Gasteiger partial charge is 0.462 e. The maximum Gasteiger partial charge on any atom is 0.472 e. The van der Waals surface area contributed by atoms with Crippen LogP contribution in [0.2, 0.25) is 0 Å². The summed E-state index contributed by atoms with van der Waals surface area (Å²) in [6.45, 7) is 4.55. The van der Waals surface area contributed by atoms with E-state index in [1.54, 1.807) is 0 Å². The number of unbranched alkanes of at least 4 members (excludes halogenated alkanes) is 32. The summed E-state index contributed by atoms with van der Waals surface area (Å²) in [6, 6.07) is 0. The Balaban J connectivity index is 4.71. The van der Waals surface area contributed by atoms with E-state index >= 15 is 0 Å². The van der Waals surface area contributed by atoms with Crippen LogP contribution in [0.4, 0.5) is 0 Å². The molecule has 0 rings (SSSR count). The average molecular weight is 1070 g/mol. The maximum absolute atomic E-state index is 12.9. The number of phosphoric acid groups is 1. The highest BCUT2D eigenvalue weighted by Crippen LogP contribution is 2.43. The summed E-state index contributed by atoms with van der Waals surface area (Å²) < 4.78 is 39.6. The second-order valence-electron chi connectivity index (χ2n) is 20.5. The van der Waals surface area contributed by atoms with E-state index in [0.29, 0.717) is 19.3 Å². The summed E-state index contributed by atoms with van der Waals surface area (Å²) in [6.07, 6.45) is 60.6. The van der Waals surface area contributed by atoms with Gasteiger partial charge in [0, 0.05) is 19.3 Å². The van der Waals surface area contributed by atoms with Crippen molar-refractivity contribution in [1.29, 1.82) is 0 Å². The van der Waals surface area contributed by atoms with Crippen LogP contribution in [0.15, 0.2) is 48.6 Å². The summed E-state index contributed by atoms with van der Waals surface area (Å²) in [4.78, 5) is 48.6. The summed E-state index contributed by atoms with van der Waals surface area (Å²) in [5.41, 5.74) is 0. The predicted octanol–water partition coefficient (Wildman–Crippen LogP) is 18.1. The Morgan fingerprint density at radius 2 is 0.703 bits per heavy atom. The van der Waals surface area contributed by atoms with Gasteiger partial charge in [-0.25, -0.2) is 4.57 Å². The molecule has 0 spiro atoms. The lowest BCUT2D eigenvalue weighted by molar-refractivity contribution is -0.161. The van der Waals surface area contributed by atoms with Crippen molar-refractivity contribution in [2.45, 2.75) is 303 Å². The van der Waals surface area contributed by atoms with Crippen molar-refractivity contribution in [3.05, 3.63) is 48.6 Å². The van der Waals surface area contributed by atoms with Crippen LogP contribution in [0, 0.1) is 0 Å². The van der Waals surface area contributed by atoms with Crippen LogP contribution in [-0.2, 0) is 42.2 Å². The summed E-state index contributed by atoms with van der Waals surface area (Å²) in [7, 11) is -4.75. The second kappa shape index (κ2) is 56.6. The van der Waals surface area contributed by atoms with Crippen LogP contribution < -0.4 is 0 Å². The quantitative estimate of drug-likeness (QED) is 0.0197. The van der Waals surface area contributed by atoms with Gasteiger partial charge in [-0.1, -0.05) is 243 Å². The minimum atomic E-state index is -4.75. The molecule has 3 atom stereocenters. The summed E-state index contributed by atoms with van der Waals surface area (Å²) in [5.74, 6) is -1.47. The van der Waals surface area contributed by atoms with Crippen molar-refractivity contribution < 1.29 is 52.2 Å². The van der Waals surface area contributed by atoms with Gasteiger partial charge in [0.2, 0.25) is 0 Å². The highest BCUT2D eigenvalue weighted by atomic mass is 31.2. The number of rotatable bonds is 57. The molecule has 0 radical (unpaired) electrons. The van der Waals surface area contributed by atoms with Gasteiger partial charge in [-0.05, 0) is 77.0 Å². The average Bonchev–Trinajstić information content (AvgIpc) is 3.39. The van der Waals surface area contributed by atoms with Gasteiger partial charge in [0.15, 0.2) is 6.10 Å². The molecule has 432 valence electrons. The van der Waals surface area contributed by atoms with E-state index < -0.39 is 57.8 Å². The number of esters is 3. The van der Waals surface area contributed by atoms with Gasteiger partial charge in [0.05, 0.1) is 19.8 Å². The second-order valence-corrected chi connectivity index (χ2v) is 21.9. The third-order valence-electron chi connectivity index (χ3n) is 13.2. The lowest BCUT2D eigenvalue weighted by atomic mass is 10.0. The molecule has 0 aromatic carbocycles. The van der Waals surface area contributed by atoms with Crippen molar-refractivity contribution >= 4 is 25.7 Å². The normalized spacial score (nSPS) is 13.6. The Morgan fingerprint density at radius 1 is 0.392 bits per heavy atom. The molecule has 0 bridgehead atoms. The Kier molecular flexibility index (Phi) is 54.7. The molecule has 3 unspecified atom stereocenters. The first-order chi connectivity index (χ1) is 36.2. The Bertz CT molecular complexity index is 1430. The number of aliphatic hydroxyl groups is 1. The van der Waals surface area contributed by atoms with Gasteiger partial charge >= 0.3 is 25.7 Å². The number of hydrogen-bond acceptors (Lipinski definition) is 10. The van der Waals surface area contributed by atoms with Crippen molar-refractivity contribution in [3.8, 4) is 0 Å². The Labute approximate surface area is 453 Å². The molecule has 0 amide bonds. The van der Waals surface area contributed by atoms with E-state index in [0.717, 1.165) is 109 Å². The minimum absolute atomic E-state index is 0.168. The fourth-order valence-corrected chi connectivity index (χ4v) is 9.39. The molecule has 0 saturated carbocycles. The third-order valence-corrected chi connectivity index (χ3v) is 14.2. The summed E-state index contributed by atoms with van der Waals surface area (Å²) >= 11 is 0. The standard InChI is InChI=1S/C62H113O11P/c1-4-7-10-13-16-19-22-25-27-29-31-34-36-39-42-45-48-51-60(64)69-55-59(73-62(66)53-50-47-44-41-38-35-32-30-28-26-23-20-17-14-11-8-5-2)57-71-74(67,68)70-56-58(54-63)72-61(65)52-49-46-43-40-37-33-24-21-18-15-12-9-6-3/h7,10,16,19,21,24-25,27,58-59,63H,4-6,8-9,11-15,17-18,20,22-23,26,28-57H2,1-3H3,(H,67,68)/b10-7-,19-16-,24-21-,27-25-. The number of phosphoric ester groups is 1. The van der Waals surface area contributed by atoms with E-state index in [2.05, 4.69) is 69.4 Å². The van der Waals surface area contributed by atoms with Crippen LogP contribution in [0.1, 0.15) is 290 Å². The van der Waals surface area contributed by atoms with Crippen molar-refractivity contribution in [2.24, 2.45) is 0 Å². The van der Waals surface area contributed by atoms with Crippen LogP contribution in [0.25, 0.3) is 0 Å².